The minimum atomic E-state index is 0.424. The molecule has 0 aliphatic carbocycles. The predicted molar refractivity (Wildman–Crippen MR) is 68.6 cm³/mol. The van der Waals surface area contributed by atoms with E-state index in [1.807, 2.05) is 7.05 Å². The molecule has 0 aliphatic heterocycles. The molecule has 0 aromatic carbocycles. The Kier molecular flexibility index (Phi) is 3.88. The number of nitrogens with zero attached hydrogens (tertiary/aromatic N) is 6. The van der Waals surface area contributed by atoms with Crippen LogP contribution >= 0.6 is 11.6 Å². The smallest absolute Gasteiger partial charge is 0.172 e. The SMILES string of the molecule is CC(C)N(C)Cc1nnnn1-c1ccc(Cl)cn1. The molecule has 0 N–H and O–H groups in total. The van der Waals surface area contributed by atoms with Crippen LogP contribution in [0.15, 0.2) is 18.3 Å². The van der Waals surface area contributed by atoms with Crippen molar-refractivity contribution < 1.29 is 0 Å². The van der Waals surface area contributed by atoms with Gasteiger partial charge in [0.2, 0.25) is 0 Å². The molecule has 7 heteroatoms. The predicted octanol–water partition coefficient (Wildman–Crippen LogP) is 1.55. The molecule has 0 amide bonds. The minimum absolute atomic E-state index is 0.424. The highest BCUT2D eigenvalue weighted by Gasteiger charge is 2.13. The lowest BCUT2D eigenvalue weighted by Crippen LogP contribution is -2.27. The zero-order chi connectivity index (χ0) is 13.1. The van der Waals surface area contributed by atoms with E-state index in [9.17, 15) is 0 Å². The second kappa shape index (κ2) is 5.41. The summed E-state index contributed by atoms with van der Waals surface area (Å²) in [7, 11) is 2.03. The average molecular weight is 267 g/mol. The lowest BCUT2D eigenvalue weighted by Gasteiger charge is -2.19. The van der Waals surface area contributed by atoms with Gasteiger partial charge >= 0.3 is 0 Å². The molecule has 0 radical (unpaired) electrons. The summed E-state index contributed by atoms with van der Waals surface area (Å²) in [6, 6.07) is 3.98. The Morgan fingerprint density at radius 2 is 2.17 bits per heavy atom. The summed E-state index contributed by atoms with van der Waals surface area (Å²) < 4.78 is 1.62. The third-order valence-electron chi connectivity index (χ3n) is 2.74. The van der Waals surface area contributed by atoms with Crippen LogP contribution in [0.4, 0.5) is 0 Å². The van der Waals surface area contributed by atoms with Crippen LogP contribution < -0.4 is 0 Å². The lowest BCUT2D eigenvalue weighted by atomic mass is 10.3. The highest BCUT2D eigenvalue weighted by molar-refractivity contribution is 6.30. The van der Waals surface area contributed by atoms with Gasteiger partial charge in [-0.1, -0.05) is 11.6 Å². The topological polar surface area (TPSA) is 59.7 Å². The van der Waals surface area contributed by atoms with Gasteiger partial charge in [0.15, 0.2) is 11.6 Å². The van der Waals surface area contributed by atoms with E-state index < -0.39 is 0 Å². The largest absolute Gasteiger partial charge is 0.297 e. The third kappa shape index (κ3) is 2.83. The molecule has 2 aromatic rings. The summed E-state index contributed by atoms with van der Waals surface area (Å²) in [5.41, 5.74) is 0. The fraction of sp³-hybridized carbons (Fsp3) is 0.455. The lowest BCUT2D eigenvalue weighted by molar-refractivity contribution is 0.257. The molecule has 0 atom stereocenters. The van der Waals surface area contributed by atoms with Crippen LogP contribution in [-0.4, -0.2) is 43.2 Å². The highest BCUT2D eigenvalue weighted by atomic mass is 35.5. The van der Waals surface area contributed by atoms with Crippen molar-refractivity contribution in [2.75, 3.05) is 7.05 Å². The summed E-state index contributed by atoms with van der Waals surface area (Å²) in [6.45, 7) is 4.90. The highest BCUT2D eigenvalue weighted by Crippen LogP contribution is 2.11. The van der Waals surface area contributed by atoms with Crippen molar-refractivity contribution in [3.05, 3.63) is 29.2 Å². The van der Waals surface area contributed by atoms with Crippen LogP contribution in [0, 0.1) is 0 Å². The van der Waals surface area contributed by atoms with Crippen molar-refractivity contribution >= 4 is 11.6 Å². The van der Waals surface area contributed by atoms with Crippen molar-refractivity contribution in [3.8, 4) is 5.82 Å². The summed E-state index contributed by atoms with van der Waals surface area (Å²) in [4.78, 5) is 6.35. The van der Waals surface area contributed by atoms with Gasteiger partial charge < -0.3 is 0 Å². The number of tetrazole rings is 1. The van der Waals surface area contributed by atoms with Crippen LogP contribution in [0.25, 0.3) is 5.82 Å². The Balaban J connectivity index is 2.25. The first-order chi connectivity index (χ1) is 8.58. The Labute approximate surface area is 111 Å². The van der Waals surface area contributed by atoms with Crippen LogP contribution in [0.5, 0.6) is 0 Å². The first-order valence-corrected chi connectivity index (χ1v) is 6.05. The van der Waals surface area contributed by atoms with Gasteiger partial charge in [0.1, 0.15) is 0 Å². The quantitative estimate of drug-likeness (QED) is 0.840. The summed E-state index contributed by atoms with van der Waals surface area (Å²) in [5, 5.41) is 12.3. The van der Waals surface area contributed by atoms with E-state index in [1.165, 1.54) is 0 Å². The first-order valence-electron chi connectivity index (χ1n) is 5.67. The van der Waals surface area contributed by atoms with Crippen molar-refractivity contribution in [1.82, 2.24) is 30.1 Å². The van der Waals surface area contributed by atoms with Crippen molar-refractivity contribution in [2.24, 2.45) is 0 Å². The third-order valence-corrected chi connectivity index (χ3v) is 2.96. The molecule has 0 saturated carbocycles. The number of pyridine rings is 1. The van der Waals surface area contributed by atoms with Crippen LogP contribution in [0.2, 0.25) is 5.02 Å². The maximum atomic E-state index is 5.81. The molecular formula is C11H15ClN6. The number of hydrogen-bond donors (Lipinski definition) is 0. The van der Waals surface area contributed by atoms with Gasteiger partial charge in [0, 0.05) is 12.2 Å². The molecule has 2 aromatic heterocycles. The van der Waals surface area contributed by atoms with Gasteiger partial charge in [-0.15, -0.1) is 5.10 Å². The van der Waals surface area contributed by atoms with E-state index in [1.54, 1.807) is 23.0 Å². The first kappa shape index (κ1) is 12.9. The zero-order valence-corrected chi connectivity index (χ0v) is 11.3. The van der Waals surface area contributed by atoms with E-state index in [4.69, 9.17) is 11.6 Å². The Morgan fingerprint density at radius 1 is 1.39 bits per heavy atom. The molecule has 96 valence electrons. The fourth-order valence-electron chi connectivity index (χ4n) is 1.38. The van der Waals surface area contributed by atoms with Gasteiger partial charge in [-0.05, 0) is 43.5 Å². The summed E-state index contributed by atoms with van der Waals surface area (Å²) in [5.74, 6) is 1.41. The molecule has 0 spiro atoms. The van der Waals surface area contributed by atoms with E-state index in [0.29, 0.717) is 23.4 Å². The van der Waals surface area contributed by atoms with Gasteiger partial charge in [0.25, 0.3) is 0 Å². The van der Waals surface area contributed by atoms with Gasteiger partial charge in [-0.25, -0.2) is 4.98 Å². The molecular weight excluding hydrogens is 252 g/mol. The summed E-state index contributed by atoms with van der Waals surface area (Å²) >= 11 is 5.81. The van der Waals surface area contributed by atoms with Crippen molar-refractivity contribution in [2.45, 2.75) is 26.4 Å². The van der Waals surface area contributed by atoms with E-state index in [2.05, 4.69) is 39.3 Å². The molecule has 2 rings (SSSR count). The molecule has 0 fully saturated rings. The number of rotatable bonds is 4. The maximum Gasteiger partial charge on any atom is 0.172 e. The van der Waals surface area contributed by atoms with Crippen LogP contribution in [-0.2, 0) is 6.54 Å². The normalized spacial score (nSPS) is 11.4. The van der Waals surface area contributed by atoms with Crippen molar-refractivity contribution in [1.29, 1.82) is 0 Å². The average Bonchev–Trinajstić information content (AvgIpc) is 2.78. The Hall–Kier alpha value is -1.53. The zero-order valence-electron chi connectivity index (χ0n) is 10.6. The van der Waals surface area contributed by atoms with Crippen molar-refractivity contribution in [3.63, 3.8) is 0 Å². The second-order valence-electron chi connectivity index (χ2n) is 4.35. The Bertz CT molecular complexity index is 507. The standard InChI is InChI=1S/C11H15ClN6/c1-8(2)17(3)7-11-14-15-16-18(11)10-5-4-9(12)6-13-10/h4-6,8H,7H2,1-3H3. The van der Waals surface area contributed by atoms with Crippen LogP contribution in [0.3, 0.4) is 0 Å². The number of hydrogen-bond acceptors (Lipinski definition) is 5. The Morgan fingerprint density at radius 3 is 2.78 bits per heavy atom. The van der Waals surface area contributed by atoms with E-state index >= 15 is 0 Å². The fourth-order valence-corrected chi connectivity index (χ4v) is 1.49. The number of aromatic nitrogens is 5. The molecule has 0 saturated heterocycles. The summed E-state index contributed by atoms with van der Waals surface area (Å²) in [6.07, 6.45) is 1.58. The van der Waals surface area contributed by atoms with Crippen LogP contribution in [0.1, 0.15) is 19.7 Å². The van der Waals surface area contributed by atoms with Gasteiger partial charge in [-0.2, -0.15) is 4.68 Å². The molecule has 6 nitrogen and oxygen atoms in total. The van der Waals surface area contributed by atoms with E-state index in [0.717, 1.165) is 5.82 Å². The monoisotopic (exact) mass is 266 g/mol. The molecule has 18 heavy (non-hydrogen) atoms. The molecule has 0 bridgehead atoms. The van der Waals surface area contributed by atoms with Gasteiger partial charge in [0.05, 0.1) is 11.6 Å². The molecule has 2 heterocycles. The van der Waals surface area contributed by atoms with E-state index in [-0.39, 0.29) is 0 Å². The molecule has 0 unspecified atom stereocenters. The van der Waals surface area contributed by atoms with Gasteiger partial charge in [-0.3, -0.25) is 4.90 Å². The maximum absolute atomic E-state index is 5.81. The number of halogens is 1. The molecule has 0 aliphatic rings. The second-order valence-corrected chi connectivity index (χ2v) is 4.79. The minimum Gasteiger partial charge on any atom is -0.297 e.